The van der Waals surface area contributed by atoms with E-state index in [1.54, 1.807) is 4.90 Å². The normalized spacial score (nSPS) is 33.3. The number of rotatable bonds is 5. The summed E-state index contributed by atoms with van der Waals surface area (Å²) in [5.41, 5.74) is -0.416. The van der Waals surface area contributed by atoms with Gasteiger partial charge in [0, 0.05) is 13.1 Å². The number of nitrogens with one attached hydrogen (secondary N) is 1. The molecule has 0 aromatic rings. The second-order valence-corrected chi connectivity index (χ2v) is 6.04. The average molecular weight is 284 g/mol. The molecule has 3 atom stereocenters. The van der Waals surface area contributed by atoms with Gasteiger partial charge in [0.05, 0.1) is 24.7 Å². The fraction of sp³-hybridized carbons (Fsp3) is 0.857. The molecule has 2 heterocycles. The minimum absolute atomic E-state index is 0.0612. The molecule has 0 radical (unpaired) electrons. The summed E-state index contributed by atoms with van der Waals surface area (Å²) in [5, 5.41) is 12.5. The van der Waals surface area contributed by atoms with Crippen molar-refractivity contribution in [3.8, 4) is 0 Å². The molecule has 2 saturated heterocycles. The SMILES string of the molecule is CCCN(C(=O)C1(C)CCNC1)C1COCC1C(=O)O. The number of carboxylic acids is 1. The Bertz CT molecular complexity index is 379. The molecule has 2 N–H and O–H groups in total. The zero-order valence-electron chi connectivity index (χ0n) is 12.2. The summed E-state index contributed by atoms with van der Waals surface area (Å²) in [4.78, 5) is 25.9. The Morgan fingerprint density at radius 2 is 2.20 bits per heavy atom. The summed E-state index contributed by atoms with van der Waals surface area (Å²) >= 11 is 0. The largest absolute Gasteiger partial charge is 0.481 e. The highest BCUT2D eigenvalue weighted by atomic mass is 16.5. The highest BCUT2D eigenvalue weighted by Crippen LogP contribution is 2.31. The van der Waals surface area contributed by atoms with Crippen LogP contribution in [0.1, 0.15) is 26.7 Å². The molecule has 0 spiro atoms. The van der Waals surface area contributed by atoms with E-state index >= 15 is 0 Å². The van der Waals surface area contributed by atoms with Gasteiger partial charge in [0.25, 0.3) is 0 Å². The molecular formula is C14H24N2O4. The van der Waals surface area contributed by atoms with Crippen molar-refractivity contribution in [2.45, 2.75) is 32.7 Å². The van der Waals surface area contributed by atoms with Gasteiger partial charge in [0.15, 0.2) is 0 Å². The zero-order valence-corrected chi connectivity index (χ0v) is 12.2. The quantitative estimate of drug-likeness (QED) is 0.760. The van der Waals surface area contributed by atoms with Gasteiger partial charge in [0.2, 0.25) is 5.91 Å². The first-order valence-corrected chi connectivity index (χ1v) is 7.32. The average Bonchev–Trinajstić information content (AvgIpc) is 3.04. The number of ether oxygens (including phenoxy) is 1. The number of amides is 1. The first kappa shape index (κ1) is 15.3. The molecule has 2 aliphatic rings. The summed E-state index contributed by atoms with van der Waals surface area (Å²) in [6.45, 7) is 6.58. The van der Waals surface area contributed by atoms with Crippen LogP contribution in [0.25, 0.3) is 0 Å². The van der Waals surface area contributed by atoms with E-state index in [1.165, 1.54) is 0 Å². The maximum atomic E-state index is 12.8. The van der Waals surface area contributed by atoms with Crippen molar-refractivity contribution >= 4 is 11.9 Å². The predicted molar refractivity (Wildman–Crippen MR) is 73.3 cm³/mol. The lowest BCUT2D eigenvalue weighted by Crippen LogP contribution is -2.52. The van der Waals surface area contributed by atoms with E-state index < -0.39 is 17.3 Å². The molecule has 20 heavy (non-hydrogen) atoms. The first-order chi connectivity index (χ1) is 9.49. The fourth-order valence-corrected chi connectivity index (χ4v) is 3.09. The Balaban J connectivity index is 2.17. The Morgan fingerprint density at radius 3 is 2.75 bits per heavy atom. The van der Waals surface area contributed by atoms with Crippen LogP contribution in [0.4, 0.5) is 0 Å². The molecule has 2 rings (SSSR count). The molecule has 0 aromatic carbocycles. The van der Waals surface area contributed by atoms with Gasteiger partial charge in [-0.1, -0.05) is 6.92 Å². The Kier molecular flexibility index (Phi) is 4.65. The van der Waals surface area contributed by atoms with Gasteiger partial charge in [0.1, 0.15) is 5.92 Å². The van der Waals surface area contributed by atoms with E-state index in [4.69, 9.17) is 4.74 Å². The lowest BCUT2D eigenvalue weighted by molar-refractivity contribution is -0.148. The molecule has 114 valence electrons. The van der Waals surface area contributed by atoms with Gasteiger partial charge < -0.3 is 20.1 Å². The molecular weight excluding hydrogens is 260 g/mol. The van der Waals surface area contributed by atoms with Crippen LogP contribution in [0.3, 0.4) is 0 Å². The second kappa shape index (κ2) is 6.10. The molecule has 2 fully saturated rings. The molecule has 3 unspecified atom stereocenters. The Labute approximate surface area is 119 Å². The molecule has 0 aliphatic carbocycles. The third-order valence-electron chi connectivity index (χ3n) is 4.38. The van der Waals surface area contributed by atoms with E-state index in [9.17, 15) is 14.7 Å². The topological polar surface area (TPSA) is 78.9 Å². The van der Waals surface area contributed by atoms with Gasteiger partial charge in [-0.2, -0.15) is 0 Å². The van der Waals surface area contributed by atoms with Crippen molar-refractivity contribution in [1.29, 1.82) is 0 Å². The van der Waals surface area contributed by atoms with Gasteiger partial charge in [-0.25, -0.2) is 0 Å². The lowest BCUT2D eigenvalue weighted by atomic mass is 9.86. The number of hydrogen-bond donors (Lipinski definition) is 2. The summed E-state index contributed by atoms with van der Waals surface area (Å²) in [5.74, 6) is -1.43. The van der Waals surface area contributed by atoms with Crippen LogP contribution in [0.15, 0.2) is 0 Å². The fourth-order valence-electron chi connectivity index (χ4n) is 3.09. The number of carbonyl (C=O) groups is 2. The maximum absolute atomic E-state index is 12.8. The van der Waals surface area contributed by atoms with E-state index in [2.05, 4.69) is 5.32 Å². The van der Waals surface area contributed by atoms with E-state index in [-0.39, 0.29) is 18.6 Å². The number of aliphatic carboxylic acids is 1. The number of carbonyl (C=O) groups excluding carboxylic acids is 1. The van der Waals surface area contributed by atoms with Crippen LogP contribution in [0.2, 0.25) is 0 Å². The van der Waals surface area contributed by atoms with Crippen molar-refractivity contribution in [3.63, 3.8) is 0 Å². The maximum Gasteiger partial charge on any atom is 0.311 e. The summed E-state index contributed by atoms with van der Waals surface area (Å²) in [7, 11) is 0. The number of nitrogens with zero attached hydrogens (tertiary/aromatic N) is 1. The lowest BCUT2D eigenvalue weighted by Gasteiger charge is -2.36. The van der Waals surface area contributed by atoms with Gasteiger partial charge >= 0.3 is 5.97 Å². The zero-order chi connectivity index (χ0) is 14.8. The van der Waals surface area contributed by atoms with E-state index in [1.807, 2.05) is 13.8 Å². The third kappa shape index (κ3) is 2.81. The van der Waals surface area contributed by atoms with Gasteiger partial charge in [-0.05, 0) is 26.3 Å². The summed E-state index contributed by atoms with van der Waals surface area (Å²) in [6.07, 6.45) is 1.62. The minimum Gasteiger partial charge on any atom is -0.481 e. The van der Waals surface area contributed by atoms with Crippen LogP contribution in [-0.2, 0) is 14.3 Å². The van der Waals surface area contributed by atoms with Crippen LogP contribution in [0.5, 0.6) is 0 Å². The van der Waals surface area contributed by atoms with Gasteiger partial charge in [-0.15, -0.1) is 0 Å². The highest BCUT2D eigenvalue weighted by Gasteiger charge is 2.45. The van der Waals surface area contributed by atoms with Crippen LogP contribution in [0, 0.1) is 11.3 Å². The monoisotopic (exact) mass is 284 g/mol. The smallest absolute Gasteiger partial charge is 0.311 e. The summed E-state index contributed by atoms with van der Waals surface area (Å²) in [6, 6.07) is -0.336. The Morgan fingerprint density at radius 1 is 1.45 bits per heavy atom. The minimum atomic E-state index is -0.879. The third-order valence-corrected chi connectivity index (χ3v) is 4.38. The molecule has 0 aromatic heterocycles. The Hall–Kier alpha value is -1.14. The summed E-state index contributed by atoms with van der Waals surface area (Å²) < 4.78 is 5.31. The molecule has 6 nitrogen and oxygen atoms in total. The predicted octanol–water partition coefficient (Wildman–Crippen LogP) is 0.324. The second-order valence-electron chi connectivity index (χ2n) is 6.04. The van der Waals surface area contributed by atoms with E-state index in [0.29, 0.717) is 19.7 Å². The number of hydrogen-bond acceptors (Lipinski definition) is 4. The molecule has 6 heteroatoms. The molecule has 1 amide bonds. The first-order valence-electron chi connectivity index (χ1n) is 7.32. The van der Waals surface area contributed by atoms with E-state index in [0.717, 1.165) is 19.4 Å². The standard InChI is InChI=1S/C14H24N2O4/c1-3-6-16(11-8-20-7-10(11)12(17)18)13(19)14(2)4-5-15-9-14/h10-11,15H,3-9H2,1-2H3,(H,17,18). The highest BCUT2D eigenvalue weighted by molar-refractivity contribution is 5.84. The van der Waals surface area contributed by atoms with Crippen molar-refractivity contribution < 1.29 is 19.4 Å². The van der Waals surface area contributed by atoms with Gasteiger partial charge in [-0.3, -0.25) is 9.59 Å². The number of carboxylic acid groups (broad SMARTS) is 1. The van der Waals surface area contributed by atoms with Crippen molar-refractivity contribution in [2.75, 3.05) is 32.8 Å². The van der Waals surface area contributed by atoms with Crippen molar-refractivity contribution in [3.05, 3.63) is 0 Å². The van der Waals surface area contributed by atoms with Crippen molar-refractivity contribution in [2.24, 2.45) is 11.3 Å². The molecule has 2 aliphatic heterocycles. The van der Waals surface area contributed by atoms with Crippen molar-refractivity contribution in [1.82, 2.24) is 10.2 Å². The van der Waals surface area contributed by atoms with Crippen LogP contribution in [-0.4, -0.2) is 60.8 Å². The van der Waals surface area contributed by atoms with Crippen LogP contribution >= 0.6 is 0 Å². The van der Waals surface area contributed by atoms with Crippen LogP contribution < -0.4 is 5.32 Å². The molecule has 0 saturated carbocycles. The molecule has 0 bridgehead atoms.